The average Bonchev–Trinajstić information content (AvgIpc) is 2.37. The van der Waals surface area contributed by atoms with Crippen molar-refractivity contribution in [2.45, 2.75) is 18.8 Å². The van der Waals surface area contributed by atoms with Crippen LogP contribution in [0.25, 0.3) is 0 Å². The molecule has 2 aliphatic rings. The van der Waals surface area contributed by atoms with E-state index in [-0.39, 0.29) is 42.8 Å². The second-order valence-electron chi connectivity index (χ2n) is 5.60. The van der Waals surface area contributed by atoms with E-state index < -0.39 is 17.2 Å². The Hall–Kier alpha value is -1.43. The second kappa shape index (κ2) is 4.80. The molecule has 0 radical (unpaired) electrons. The molecule has 114 valence electrons. The lowest BCUT2D eigenvalue weighted by atomic mass is 9.60. The van der Waals surface area contributed by atoms with Crippen molar-refractivity contribution in [2.24, 2.45) is 5.41 Å². The molecular weight excluding hydrogens is 307 g/mol. The lowest BCUT2D eigenvalue weighted by Gasteiger charge is -2.59. The molecule has 0 bridgehead atoms. The van der Waals surface area contributed by atoms with Crippen molar-refractivity contribution < 1.29 is 22.7 Å². The summed E-state index contributed by atoms with van der Waals surface area (Å²) in [6.07, 6.45) is 0.359. The van der Waals surface area contributed by atoms with Gasteiger partial charge in [0, 0.05) is 25.6 Å². The Kier molecular flexibility index (Phi) is 3.31. The van der Waals surface area contributed by atoms with Crippen molar-refractivity contribution in [3.8, 4) is 5.75 Å². The summed E-state index contributed by atoms with van der Waals surface area (Å²) in [6.45, 7) is -0.123. The van der Waals surface area contributed by atoms with Crippen LogP contribution in [-0.2, 0) is 4.79 Å². The molecule has 1 spiro atoms. The number of nitrogens with zero attached hydrogens (tertiary/aromatic N) is 1. The van der Waals surface area contributed by atoms with Crippen LogP contribution in [0.4, 0.5) is 13.2 Å². The van der Waals surface area contributed by atoms with Gasteiger partial charge in [-0.25, -0.2) is 13.2 Å². The predicted octanol–water partition coefficient (Wildman–Crippen LogP) is 3.12. The molecule has 1 saturated heterocycles. The molecule has 3 rings (SSSR count). The fraction of sp³-hybridized carbons (Fsp3) is 0.500. The van der Waals surface area contributed by atoms with Crippen LogP contribution in [0.2, 0.25) is 5.02 Å². The predicted molar refractivity (Wildman–Crippen MR) is 70.1 cm³/mol. The highest BCUT2D eigenvalue weighted by Crippen LogP contribution is 2.58. The van der Waals surface area contributed by atoms with Gasteiger partial charge >= 0.3 is 0 Å². The lowest BCUT2D eigenvalue weighted by Crippen LogP contribution is -2.71. The molecular formula is C14H13ClF3NO2. The van der Waals surface area contributed by atoms with E-state index in [9.17, 15) is 18.0 Å². The highest BCUT2D eigenvalue weighted by Gasteiger charge is 2.67. The average molecular weight is 320 g/mol. The van der Waals surface area contributed by atoms with Crippen molar-refractivity contribution >= 4 is 17.5 Å². The highest BCUT2D eigenvalue weighted by molar-refractivity contribution is 6.30. The molecule has 1 heterocycles. The lowest BCUT2D eigenvalue weighted by molar-refractivity contribution is -0.255. The highest BCUT2D eigenvalue weighted by atomic mass is 35.5. The van der Waals surface area contributed by atoms with E-state index in [4.69, 9.17) is 16.3 Å². The molecule has 0 atom stereocenters. The Morgan fingerprint density at radius 1 is 1.33 bits per heavy atom. The molecule has 1 aliphatic carbocycles. The van der Waals surface area contributed by atoms with Gasteiger partial charge in [-0.3, -0.25) is 4.79 Å². The monoisotopic (exact) mass is 319 g/mol. The number of carbonyl (C=O) groups is 1. The molecule has 0 unspecified atom stereocenters. The second-order valence-corrected chi connectivity index (χ2v) is 6.01. The van der Waals surface area contributed by atoms with Crippen LogP contribution in [0.15, 0.2) is 18.2 Å². The third-order valence-corrected chi connectivity index (χ3v) is 4.58. The maximum Gasteiger partial charge on any atom is 0.260 e. The normalized spacial score (nSPS) is 21.6. The summed E-state index contributed by atoms with van der Waals surface area (Å²) in [6, 6.07) is 3.75. The summed E-state index contributed by atoms with van der Waals surface area (Å²) in [5.41, 5.74) is -1.01. The van der Waals surface area contributed by atoms with Gasteiger partial charge in [0.05, 0.1) is 10.4 Å². The molecule has 21 heavy (non-hydrogen) atoms. The Morgan fingerprint density at radius 3 is 2.57 bits per heavy atom. The Labute approximate surface area is 124 Å². The van der Waals surface area contributed by atoms with Gasteiger partial charge < -0.3 is 9.64 Å². The first-order valence-corrected chi connectivity index (χ1v) is 6.94. The topological polar surface area (TPSA) is 29.5 Å². The van der Waals surface area contributed by atoms with Crippen LogP contribution in [0, 0.1) is 11.2 Å². The van der Waals surface area contributed by atoms with Gasteiger partial charge in [0.15, 0.2) is 6.61 Å². The molecule has 7 heteroatoms. The third-order valence-electron chi connectivity index (χ3n) is 4.29. The summed E-state index contributed by atoms with van der Waals surface area (Å²) >= 11 is 5.59. The minimum Gasteiger partial charge on any atom is -0.484 e. The number of amides is 1. The van der Waals surface area contributed by atoms with E-state index in [1.54, 1.807) is 0 Å². The van der Waals surface area contributed by atoms with Gasteiger partial charge in [-0.15, -0.1) is 0 Å². The molecule has 1 amide bonds. The van der Waals surface area contributed by atoms with E-state index in [0.717, 1.165) is 6.07 Å². The molecule has 1 saturated carbocycles. The van der Waals surface area contributed by atoms with Crippen LogP contribution < -0.4 is 4.74 Å². The maximum atomic E-state index is 13.4. The van der Waals surface area contributed by atoms with Gasteiger partial charge in [-0.2, -0.15) is 0 Å². The van der Waals surface area contributed by atoms with Gasteiger partial charge in [-0.1, -0.05) is 11.6 Å². The summed E-state index contributed by atoms with van der Waals surface area (Å²) in [7, 11) is 0. The molecule has 1 aromatic carbocycles. The van der Waals surface area contributed by atoms with E-state index in [2.05, 4.69) is 0 Å². The van der Waals surface area contributed by atoms with Crippen molar-refractivity contribution in [1.29, 1.82) is 0 Å². The van der Waals surface area contributed by atoms with Gasteiger partial charge in [0.2, 0.25) is 0 Å². The van der Waals surface area contributed by atoms with E-state index >= 15 is 0 Å². The zero-order valence-electron chi connectivity index (χ0n) is 11.0. The first-order chi connectivity index (χ1) is 9.83. The number of alkyl halides is 2. The summed E-state index contributed by atoms with van der Waals surface area (Å²) in [5, 5.41) is -0.100. The van der Waals surface area contributed by atoms with Crippen LogP contribution in [-0.4, -0.2) is 36.4 Å². The molecule has 0 aromatic heterocycles. The fourth-order valence-electron chi connectivity index (χ4n) is 2.72. The standard InChI is InChI=1S/C14H13ClF3NO2/c15-10-5-9(1-2-11(10)16)21-6-12(20)19-7-13(8-19)3-4-14(13,17)18/h1-2,5H,3-4,6-8H2. The molecule has 1 aliphatic heterocycles. The number of ether oxygens (including phenoxy) is 1. The van der Waals surface area contributed by atoms with Gasteiger partial charge in [0.1, 0.15) is 11.6 Å². The number of halogens is 4. The van der Waals surface area contributed by atoms with Crippen LogP contribution >= 0.6 is 11.6 Å². The van der Waals surface area contributed by atoms with Crippen molar-refractivity contribution in [3.05, 3.63) is 29.0 Å². The summed E-state index contributed by atoms with van der Waals surface area (Å²) < 4.78 is 44.9. The molecule has 3 nitrogen and oxygen atoms in total. The smallest absolute Gasteiger partial charge is 0.260 e. The molecule has 0 N–H and O–H groups in total. The van der Waals surface area contributed by atoms with Gasteiger partial charge in [-0.05, 0) is 18.6 Å². The quantitative estimate of drug-likeness (QED) is 0.856. The van der Waals surface area contributed by atoms with Crippen LogP contribution in [0.5, 0.6) is 5.75 Å². The summed E-state index contributed by atoms with van der Waals surface area (Å²) in [5.74, 6) is -3.33. The van der Waals surface area contributed by atoms with E-state index in [1.165, 1.54) is 17.0 Å². The number of benzene rings is 1. The minimum absolute atomic E-state index is 0.0758. The number of hydrogen-bond donors (Lipinski definition) is 0. The number of hydrogen-bond acceptors (Lipinski definition) is 2. The van der Waals surface area contributed by atoms with E-state index in [0.29, 0.717) is 6.42 Å². The first-order valence-electron chi connectivity index (χ1n) is 6.56. The fourth-order valence-corrected chi connectivity index (χ4v) is 2.89. The van der Waals surface area contributed by atoms with E-state index in [1.807, 2.05) is 0 Å². The minimum atomic E-state index is -2.66. The molecule has 2 fully saturated rings. The van der Waals surface area contributed by atoms with Crippen molar-refractivity contribution in [3.63, 3.8) is 0 Å². The first kappa shape index (κ1) is 14.5. The van der Waals surface area contributed by atoms with Gasteiger partial charge in [0.25, 0.3) is 11.8 Å². The number of carbonyl (C=O) groups excluding carboxylic acids is 1. The summed E-state index contributed by atoms with van der Waals surface area (Å²) in [4.78, 5) is 13.2. The molecule has 1 aromatic rings. The number of rotatable bonds is 3. The van der Waals surface area contributed by atoms with Crippen LogP contribution in [0.1, 0.15) is 12.8 Å². The maximum absolute atomic E-state index is 13.4. The largest absolute Gasteiger partial charge is 0.484 e. The zero-order valence-corrected chi connectivity index (χ0v) is 11.8. The van der Waals surface area contributed by atoms with Crippen molar-refractivity contribution in [2.75, 3.05) is 19.7 Å². The van der Waals surface area contributed by atoms with Crippen LogP contribution in [0.3, 0.4) is 0 Å². The Balaban J connectivity index is 1.51. The zero-order chi connectivity index (χ0) is 15.3. The Bertz CT molecular complexity index is 588. The Morgan fingerprint density at radius 2 is 2.05 bits per heavy atom. The third kappa shape index (κ3) is 2.35. The van der Waals surface area contributed by atoms with Crippen molar-refractivity contribution in [1.82, 2.24) is 4.90 Å². The SMILES string of the molecule is O=C(COc1ccc(F)c(Cl)c1)N1CC2(CCC2(F)F)C1. The number of likely N-dealkylation sites (tertiary alicyclic amines) is 1.